The Hall–Kier alpha value is -0.420. The minimum Gasteiger partial charge on any atom is -0.244 e. The second-order valence-electron chi connectivity index (χ2n) is 3.94. The molecule has 0 spiro atoms. The fourth-order valence-corrected chi connectivity index (χ4v) is 4.62. The highest BCUT2D eigenvalue weighted by molar-refractivity contribution is 9.10. The lowest BCUT2D eigenvalue weighted by Gasteiger charge is -2.12. The number of rotatable bonds is 2. The summed E-state index contributed by atoms with van der Waals surface area (Å²) < 4.78 is 30.8. The molecule has 16 heavy (non-hydrogen) atoms. The van der Waals surface area contributed by atoms with Gasteiger partial charge in [-0.15, -0.1) is 0 Å². The summed E-state index contributed by atoms with van der Waals surface area (Å²) in [6.07, 6.45) is 1.85. The first-order valence-corrected chi connectivity index (χ1v) is 7.46. The lowest BCUT2D eigenvalue weighted by molar-refractivity contribution is 0.604. The van der Waals surface area contributed by atoms with Gasteiger partial charge in [0.1, 0.15) is 5.82 Å². The van der Waals surface area contributed by atoms with Crippen molar-refractivity contribution in [2.24, 2.45) is 4.36 Å². The maximum atomic E-state index is 13.7. The highest BCUT2D eigenvalue weighted by atomic mass is 79.9. The molecule has 0 saturated heterocycles. The highest BCUT2D eigenvalue weighted by Crippen LogP contribution is 2.37. The predicted molar refractivity (Wildman–Crippen MR) is 66.6 cm³/mol. The number of benzene rings is 1. The van der Waals surface area contributed by atoms with E-state index in [4.69, 9.17) is 0 Å². The largest absolute Gasteiger partial charge is 0.244 e. The Morgan fingerprint density at radius 1 is 1.50 bits per heavy atom. The van der Waals surface area contributed by atoms with Gasteiger partial charge in [0.15, 0.2) is 0 Å². The highest BCUT2D eigenvalue weighted by Gasteiger charge is 2.36. The van der Waals surface area contributed by atoms with Gasteiger partial charge in [-0.1, -0.05) is 0 Å². The number of hydrogen-bond acceptors (Lipinski definition) is 2. The van der Waals surface area contributed by atoms with Crippen LogP contribution >= 0.6 is 15.9 Å². The number of halogens is 2. The molecule has 1 unspecified atom stereocenters. The molecule has 0 heterocycles. The van der Waals surface area contributed by atoms with Crippen molar-refractivity contribution in [1.82, 2.24) is 0 Å². The van der Waals surface area contributed by atoms with Crippen LogP contribution in [0.3, 0.4) is 0 Å². The Labute approximate surface area is 104 Å². The summed E-state index contributed by atoms with van der Waals surface area (Å²) in [5.41, 5.74) is 0.442. The van der Waals surface area contributed by atoms with E-state index in [1.807, 2.05) is 0 Å². The lowest BCUT2D eigenvalue weighted by atomic mass is 10.2. The average molecular weight is 306 g/mol. The van der Waals surface area contributed by atoms with Gasteiger partial charge in [-0.25, -0.2) is 13.0 Å². The van der Waals surface area contributed by atoms with Crippen LogP contribution in [-0.2, 0) is 9.73 Å². The molecule has 1 aromatic carbocycles. The second-order valence-corrected chi connectivity index (χ2v) is 7.40. The first-order chi connectivity index (χ1) is 7.50. The van der Waals surface area contributed by atoms with E-state index in [9.17, 15) is 8.60 Å². The van der Waals surface area contributed by atoms with Gasteiger partial charge in [0.25, 0.3) is 0 Å². The zero-order chi connectivity index (χ0) is 11.9. The van der Waals surface area contributed by atoms with Crippen LogP contribution in [-0.4, -0.2) is 16.5 Å². The molecule has 5 heteroatoms. The molecular formula is C11H13BrFNOS. The molecule has 2 rings (SSSR count). The summed E-state index contributed by atoms with van der Waals surface area (Å²) in [6, 6.07) is 3.32. The molecule has 0 aliphatic heterocycles. The molecule has 88 valence electrons. The van der Waals surface area contributed by atoms with E-state index in [0.29, 0.717) is 14.9 Å². The van der Waals surface area contributed by atoms with E-state index in [2.05, 4.69) is 20.3 Å². The zero-order valence-electron chi connectivity index (χ0n) is 9.17. The van der Waals surface area contributed by atoms with E-state index >= 15 is 0 Å². The van der Waals surface area contributed by atoms with Gasteiger partial charge in [0.05, 0.1) is 19.1 Å². The molecule has 1 fully saturated rings. The second kappa shape index (κ2) is 4.11. The smallest absolute Gasteiger partial charge is 0.141 e. The maximum absolute atomic E-state index is 13.7. The van der Waals surface area contributed by atoms with Crippen molar-refractivity contribution >= 4 is 25.7 Å². The van der Waals surface area contributed by atoms with Crippen LogP contribution in [0.2, 0.25) is 0 Å². The van der Waals surface area contributed by atoms with Gasteiger partial charge in [-0.3, -0.25) is 0 Å². The molecular weight excluding hydrogens is 293 g/mol. The number of nitrogens with zero attached hydrogens (tertiary/aromatic N) is 1. The van der Waals surface area contributed by atoms with Gasteiger partial charge in [0, 0.05) is 17.9 Å². The fourth-order valence-electron chi connectivity index (χ4n) is 1.77. The molecule has 0 aromatic heterocycles. The Morgan fingerprint density at radius 2 is 2.12 bits per heavy atom. The molecule has 0 bridgehead atoms. The number of hydrogen-bond donors (Lipinski definition) is 0. The molecule has 1 atom stereocenters. The molecule has 1 saturated carbocycles. The van der Waals surface area contributed by atoms with Gasteiger partial charge < -0.3 is 0 Å². The quantitative estimate of drug-likeness (QED) is 0.822. The summed E-state index contributed by atoms with van der Waals surface area (Å²) in [5.74, 6) is -0.338. The normalized spacial score (nSPS) is 19.2. The van der Waals surface area contributed by atoms with Gasteiger partial charge in [0.2, 0.25) is 0 Å². The minimum atomic E-state index is -2.42. The molecule has 0 amide bonds. The molecule has 2 nitrogen and oxygen atoms in total. The molecule has 1 aliphatic carbocycles. The Kier molecular flexibility index (Phi) is 3.09. The maximum Gasteiger partial charge on any atom is 0.141 e. The molecule has 0 N–H and O–H groups in total. The van der Waals surface area contributed by atoms with Crippen LogP contribution in [0, 0.1) is 12.7 Å². The Balaban J connectivity index is 2.65. The summed E-state index contributed by atoms with van der Waals surface area (Å²) in [4.78, 5) is 0.554. The average Bonchev–Trinajstić information content (AvgIpc) is 3.09. The summed E-state index contributed by atoms with van der Waals surface area (Å²) in [7, 11) is -0.861. The van der Waals surface area contributed by atoms with E-state index in [1.54, 1.807) is 26.1 Å². The summed E-state index contributed by atoms with van der Waals surface area (Å²) >= 11 is 3.12. The topological polar surface area (TPSA) is 29.4 Å². The SMILES string of the molecule is CN=S(=O)(c1ccc(Br)c(F)c1C)C1CC1. The third-order valence-corrected chi connectivity index (χ3v) is 6.45. The van der Waals surface area contributed by atoms with Crippen molar-refractivity contribution in [2.75, 3.05) is 7.05 Å². The van der Waals surface area contributed by atoms with Crippen LogP contribution in [0.1, 0.15) is 18.4 Å². The van der Waals surface area contributed by atoms with E-state index in [-0.39, 0.29) is 11.1 Å². The van der Waals surface area contributed by atoms with Crippen molar-refractivity contribution in [3.63, 3.8) is 0 Å². The van der Waals surface area contributed by atoms with Crippen LogP contribution in [0.25, 0.3) is 0 Å². The molecule has 1 aromatic rings. The standard InChI is InChI=1S/C11H13BrFNOS/c1-7-10(6-5-9(12)11(7)13)16(15,14-2)8-3-4-8/h5-6,8H,3-4H2,1-2H3. The van der Waals surface area contributed by atoms with Crippen LogP contribution in [0.5, 0.6) is 0 Å². The van der Waals surface area contributed by atoms with Gasteiger partial charge >= 0.3 is 0 Å². The van der Waals surface area contributed by atoms with E-state index in [0.717, 1.165) is 12.8 Å². The third-order valence-electron chi connectivity index (χ3n) is 2.85. The monoisotopic (exact) mass is 305 g/mol. The van der Waals surface area contributed by atoms with Crippen LogP contribution in [0.15, 0.2) is 25.9 Å². The molecule has 0 radical (unpaired) electrons. The summed E-state index contributed by atoms with van der Waals surface area (Å²) in [6.45, 7) is 1.66. The third kappa shape index (κ3) is 1.80. The summed E-state index contributed by atoms with van der Waals surface area (Å²) in [5, 5.41) is 0.108. The van der Waals surface area contributed by atoms with Crippen molar-refractivity contribution in [2.45, 2.75) is 29.9 Å². The van der Waals surface area contributed by atoms with Gasteiger partial charge in [-0.05, 0) is 47.8 Å². The minimum absolute atomic E-state index is 0.108. The lowest BCUT2D eigenvalue weighted by Crippen LogP contribution is -2.10. The Bertz CT molecular complexity index is 545. The predicted octanol–water partition coefficient (Wildman–Crippen LogP) is 3.52. The first-order valence-electron chi connectivity index (χ1n) is 5.09. The van der Waals surface area contributed by atoms with Crippen LogP contribution < -0.4 is 0 Å². The van der Waals surface area contributed by atoms with Crippen LogP contribution in [0.4, 0.5) is 4.39 Å². The van der Waals surface area contributed by atoms with Crippen molar-refractivity contribution in [3.05, 3.63) is 28.0 Å². The van der Waals surface area contributed by atoms with E-state index < -0.39 is 9.73 Å². The first kappa shape index (κ1) is 12.0. The van der Waals surface area contributed by atoms with Crippen molar-refractivity contribution in [1.29, 1.82) is 0 Å². The van der Waals surface area contributed by atoms with Crippen molar-refractivity contribution in [3.8, 4) is 0 Å². The fraction of sp³-hybridized carbons (Fsp3) is 0.455. The van der Waals surface area contributed by atoms with Crippen molar-refractivity contribution < 1.29 is 8.60 Å². The molecule has 1 aliphatic rings. The zero-order valence-corrected chi connectivity index (χ0v) is 11.6. The van der Waals surface area contributed by atoms with Gasteiger partial charge in [-0.2, -0.15) is 0 Å². The van der Waals surface area contributed by atoms with E-state index in [1.165, 1.54) is 0 Å². The Morgan fingerprint density at radius 3 is 2.62 bits per heavy atom.